The van der Waals surface area contributed by atoms with Crippen LogP contribution in [0.25, 0.3) is 0 Å². The quantitative estimate of drug-likeness (QED) is 0.0204. The van der Waals surface area contributed by atoms with Crippen molar-refractivity contribution in [3.05, 3.63) is 38.0 Å². The molecule has 0 spiro atoms. The average Bonchev–Trinajstić information content (AvgIpc) is 2.95. The first kappa shape index (κ1) is 64.2. The van der Waals surface area contributed by atoms with Crippen LogP contribution < -0.4 is 0 Å². The van der Waals surface area contributed by atoms with Crippen LogP contribution >= 0.6 is 0 Å². The van der Waals surface area contributed by atoms with Crippen LogP contribution in [0.2, 0.25) is 0 Å². The Bertz CT molecular complexity index is 1300. The fourth-order valence-corrected chi connectivity index (χ4v) is 2.68. The molecule has 0 radical (unpaired) electrons. The number of carboxylic acid groups (broad SMARTS) is 6. The molecule has 0 rings (SSSR count). The molecule has 3 unspecified atom stereocenters. The first-order valence-electron chi connectivity index (χ1n) is 12.8. The monoisotopic (exact) mass is 858 g/mol. The van der Waals surface area contributed by atoms with Crippen molar-refractivity contribution in [2.45, 2.75) is 55.3 Å². The number of aliphatic carboxylic acids is 6. The zero-order chi connectivity index (χ0) is 40.9. The minimum absolute atomic E-state index is 0. The van der Waals surface area contributed by atoms with Gasteiger partial charge in [-0.25, -0.2) is 28.8 Å². The number of aliphatic hydroxyl groups is 3. The van der Waals surface area contributed by atoms with Crippen LogP contribution in [0.3, 0.4) is 0 Å². The second kappa shape index (κ2) is 31.3. The van der Waals surface area contributed by atoms with Crippen LogP contribution in [0.15, 0.2) is 38.0 Å². The summed E-state index contributed by atoms with van der Waals surface area (Å²) in [6.07, 6.45) is -5.07. The molecule has 0 aromatic heterocycles. The fourth-order valence-electron chi connectivity index (χ4n) is 2.68. The molecule has 0 saturated carbocycles. The van der Waals surface area contributed by atoms with E-state index in [1.807, 2.05) is 0 Å². The predicted octanol–water partition coefficient (Wildman–Crippen LogP) is -5.18. The molecule has 0 aliphatic heterocycles. The van der Waals surface area contributed by atoms with Crippen LogP contribution in [0, 0.1) is 0 Å². The maximum absolute atomic E-state index is 11.0. The predicted molar refractivity (Wildman–Crippen MR) is 174 cm³/mol. The number of hydrogen-bond acceptors (Lipinski definition) is 18. The molecular weight excluding hydrogens is 826 g/mol. The van der Waals surface area contributed by atoms with E-state index in [9.17, 15) is 72.9 Å². The van der Waals surface area contributed by atoms with Crippen molar-refractivity contribution in [1.82, 2.24) is 0 Å². The fraction of sp³-hybridized carbons (Fsp3) is 0.333. The SMILES string of the molecule is C=CC(=O)OC(=O)CC(O)(CC(=O)O)C(=O)O.C=CC(=O)OC(=O)CC(O)(CC(=O)O)C(=O)O.C=CC(=O)OC(=O)CC(O)(CC(=O)O)C(=O)O.[KH].[KH].[KH]. The summed E-state index contributed by atoms with van der Waals surface area (Å²) in [6.45, 7) is 8.98. The van der Waals surface area contributed by atoms with Gasteiger partial charge in [-0.15, -0.1) is 0 Å². The van der Waals surface area contributed by atoms with E-state index in [1.165, 1.54) is 0 Å². The van der Waals surface area contributed by atoms with Gasteiger partial charge in [0.25, 0.3) is 0 Å². The Hall–Kier alpha value is -1.75. The van der Waals surface area contributed by atoms with Crippen molar-refractivity contribution in [1.29, 1.82) is 0 Å². The molecule has 9 N–H and O–H groups in total. The average molecular weight is 859 g/mol. The van der Waals surface area contributed by atoms with Gasteiger partial charge in [0.15, 0.2) is 16.8 Å². The third-order valence-corrected chi connectivity index (χ3v) is 4.98. The molecule has 0 fully saturated rings. The standard InChI is InChI=1S/3C9H10O8.3K.3H/c3*1-2-6(12)17-7(13)4-9(16,8(14)15)3-5(10)11;;;;;;/h3*2,16H,1,3-4H2,(H,10,11)(H,14,15);;;;;;. The van der Waals surface area contributed by atoms with E-state index in [0.717, 1.165) is 0 Å². The van der Waals surface area contributed by atoms with E-state index in [-0.39, 0.29) is 154 Å². The maximum atomic E-state index is 11.0. The summed E-state index contributed by atoms with van der Waals surface area (Å²) in [7, 11) is 0. The van der Waals surface area contributed by atoms with Crippen LogP contribution in [0.1, 0.15) is 38.5 Å². The Kier molecular flexibility index (Phi) is 37.2. The molecule has 0 aromatic carbocycles. The molecule has 27 heteroatoms. The molecular formula is C27H33K3O24. The second-order valence-corrected chi connectivity index (χ2v) is 9.24. The Labute approximate surface area is 429 Å². The van der Waals surface area contributed by atoms with Crippen molar-refractivity contribution in [3.63, 3.8) is 0 Å². The topological polar surface area (TPSA) is 415 Å². The van der Waals surface area contributed by atoms with E-state index in [2.05, 4.69) is 33.9 Å². The molecule has 288 valence electrons. The molecule has 0 amide bonds. The molecule has 0 saturated heterocycles. The Morgan fingerprint density at radius 3 is 0.667 bits per heavy atom. The number of carboxylic acids is 6. The molecule has 3 atom stereocenters. The van der Waals surface area contributed by atoms with Gasteiger partial charge in [-0.3, -0.25) is 28.8 Å². The molecule has 54 heavy (non-hydrogen) atoms. The molecule has 0 aromatic rings. The van der Waals surface area contributed by atoms with Crippen molar-refractivity contribution in [2.75, 3.05) is 0 Å². The van der Waals surface area contributed by atoms with Crippen molar-refractivity contribution < 1.29 is 118 Å². The van der Waals surface area contributed by atoms with E-state index in [1.54, 1.807) is 0 Å². The van der Waals surface area contributed by atoms with Crippen LogP contribution in [-0.4, -0.2) is 289 Å². The zero-order valence-corrected chi connectivity index (χ0v) is 25.7. The molecule has 0 bridgehead atoms. The first-order chi connectivity index (χ1) is 23.1. The van der Waals surface area contributed by atoms with Gasteiger partial charge in [-0.05, 0) is 0 Å². The summed E-state index contributed by atoms with van der Waals surface area (Å²) < 4.78 is 12.0. The van der Waals surface area contributed by atoms with Gasteiger partial charge in [0.1, 0.15) is 0 Å². The zero-order valence-electron chi connectivity index (χ0n) is 25.7. The van der Waals surface area contributed by atoms with Crippen LogP contribution in [-0.2, 0) is 71.7 Å². The van der Waals surface area contributed by atoms with E-state index >= 15 is 0 Å². The number of carbonyl (C=O) groups is 12. The third-order valence-electron chi connectivity index (χ3n) is 4.98. The van der Waals surface area contributed by atoms with Gasteiger partial charge >= 0.3 is 226 Å². The number of carbonyl (C=O) groups excluding carboxylic acids is 6. The van der Waals surface area contributed by atoms with Gasteiger partial charge in [-0.2, -0.15) is 0 Å². The Morgan fingerprint density at radius 2 is 0.556 bits per heavy atom. The minimum atomic E-state index is -2.82. The van der Waals surface area contributed by atoms with Gasteiger partial charge in [0, 0.05) is 18.2 Å². The van der Waals surface area contributed by atoms with E-state index in [4.69, 9.17) is 30.6 Å². The van der Waals surface area contributed by atoms with Gasteiger partial charge in [-0.1, -0.05) is 19.7 Å². The molecule has 0 aliphatic carbocycles. The van der Waals surface area contributed by atoms with E-state index < -0.39 is 127 Å². The number of esters is 6. The van der Waals surface area contributed by atoms with Gasteiger partial charge < -0.3 is 60.2 Å². The van der Waals surface area contributed by atoms with Crippen molar-refractivity contribution in [2.24, 2.45) is 0 Å². The molecule has 0 aliphatic rings. The van der Waals surface area contributed by atoms with Crippen molar-refractivity contribution >= 4 is 226 Å². The first-order valence-corrected chi connectivity index (χ1v) is 12.8. The summed E-state index contributed by atoms with van der Waals surface area (Å²) in [4.78, 5) is 128. The summed E-state index contributed by atoms with van der Waals surface area (Å²) in [5.41, 5.74) is -8.45. The Morgan fingerprint density at radius 1 is 0.389 bits per heavy atom. The number of ether oxygens (including phenoxy) is 3. The summed E-state index contributed by atoms with van der Waals surface area (Å²) in [5.74, 6) is -18.0. The number of rotatable bonds is 18. The third kappa shape index (κ3) is 29.5. The Balaban J connectivity index is -0.000000156. The van der Waals surface area contributed by atoms with Gasteiger partial charge in [0.05, 0.1) is 38.5 Å². The van der Waals surface area contributed by atoms with Gasteiger partial charge in [0.2, 0.25) is 0 Å². The molecule has 0 heterocycles. The summed E-state index contributed by atoms with van der Waals surface area (Å²) in [5, 5.41) is 79.1. The summed E-state index contributed by atoms with van der Waals surface area (Å²) >= 11 is 0. The van der Waals surface area contributed by atoms with Crippen LogP contribution in [0.4, 0.5) is 0 Å². The normalized spacial score (nSPS) is 12.5. The van der Waals surface area contributed by atoms with Crippen molar-refractivity contribution in [3.8, 4) is 0 Å². The molecule has 24 nitrogen and oxygen atoms in total. The summed E-state index contributed by atoms with van der Waals surface area (Å²) in [6, 6.07) is 0. The number of hydrogen-bond donors (Lipinski definition) is 9. The van der Waals surface area contributed by atoms with E-state index in [0.29, 0.717) is 18.2 Å². The van der Waals surface area contributed by atoms with Crippen LogP contribution in [0.5, 0.6) is 0 Å². The second-order valence-electron chi connectivity index (χ2n) is 9.24.